The third-order valence-corrected chi connectivity index (χ3v) is 6.02. The number of carbonyl (C=O) groups is 1. The molecule has 0 saturated carbocycles. The molecule has 5 heteroatoms. The molecule has 2 heterocycles. The Balaban J connectivity index is 1.67. The summed E-state index contributed by atoms with van der Waals surface area (Å²) in [6, 6.07) is 11.9. The van der Waals surface area contributed by atoms with Gasteiger partial charge in [0, 0.05) is 6.54 Å². The van der Waals surface area contributed by atoms with Gasteiger partial charge in [-0.3, -0.25) is 4.79 Å². The van der Waals surface area contributed by atoms with Gasteiger partial charge in [0.05, 0.1) is 22.0 Å². The number of thiophene rings is 1. The molecule has 150 valence electrons. The lowest BCUT2D eigenvalue weighted by Crippen LogP contribution is -2.28. The molecule has 0 bridgehead atoms. The number of para-hydroxylation sites is 2. The molecule has 3 aromatic rings. The van der Waals surface area contributed by atoms with Crippen LogP contribution in [0.3, 0.4) is 0 Å². The number of imidazole rings is 1. The van der Waals surface area contributed by atoms with E-state index in [0.29, 0.717) is 0 Å². The van der Waals surface area contributed by atoms with Crippen LogP contribution in [0.2, 0.25) is 0 Å². The van der Waals surface area contributed by atoms with Crippen molar-refractivity contribution in [2.24, 2.45) is 0 Å². The first-order valence-electron chi connectivity index (χ1n) is 10.5. The summed E-state index contributed by atoms with van der Waals surface area (Å²) in [6.45, 7) is 5.22. The third-order valence-electron chi connectivity index (χ3n) is 5.15. The normalized spacial score (nSPS) is 12.4. The van der Waals surface area contributed by atoms with Crippen LogP contribution in [0.25, 0.3) is 11.0 Å². The van der Waals surface area contributed by atoms with Crippen molar-refractivity contribution in [2.45, 2.75) is 71.4 Å². The predicted molar refractivity (Wildman–Crippen MR) is 118 cm³/mol. The van der Waals surface area contributed by atoms with E-state index >= 15 is 0 Å². The molecule has 3 rings (SSSR count). The van der Waals surface area contributed by atoms with Gasteiger partial charge in [-0.2, -0.15) is 0 Å². The van der Waals surface area contributed by atoms with E-state index in [2.05, 4.69) is 28.9 Å². The molecule has 0 aliphatic heterocycles. The van der Waals surface area contributed by atoms with Crippen LogP contribution in [0.1, 0.15) is 80.3 Å². The zero-order chi connectivity index (χ0) is 19.8. The van der Waals surface area contributed by atoms with Crippen molar-refractivity contribution in [3.05, 3.63) is 52.5 Å². The number of carbonyl (C=O) groups excluding carboxylic acids is 1. The number of amides is 1. The average molecular weight is 398 g/mol. The van der Waals surface area contributed by atoms with Crippen LogP contribution in [-0.2, 0) is 6.54 Å². The summed E-state index contributed by atoms with van der Waals surface area (Å²) in [7, 11) is 0. The number of aryl methyl sites for hydroxylation is 1. The maximum Gasteiger partial charge on any atom is 0.261 e. The molecule has 0 saturated heterocycles. The summed E-state index contributed by atoms with van der Waals surface area (Å²) >= 11 is 1.46. The van der Waals surface area contributed by atoms with Gasteiger partial charge < -0.3 is 9.88 Å². The topological polar surface area (TPSA) is 46.9 Å². The van der Waals surface area contributed by atoms with Gasteiger partial charge in [0.1, 0.15) is 5.82 Å². The van der Waals surface area contributed by atoms with Crippen molar-refractivity contribution in [2.75, 3.05) is 0 Å². The summed E-state index contributed by atoms with van der Waals surface area (Å²) in [4.78, 5) is 18.0. The molecular formula is C23H31N3OS. The quantitative estimate of drug-likeness (QED) is 0.384. The summed E-state index contributed by atoms with van der Waals surface area (Å²) in [5.41, 5.74) is 2.15. The molecule has 4 nitrogen and oxygen atoms in total. The van der Waals surface area contributed by atoms with Gasteiger partial charge in [0.2, 0.25) is 0 Å². The summed E-state index contributed by atoms with van der Waals surface area (Å²) < 4.78 is 2.29. The SMILES string of the molecule is CCCCCCCCCn1c(C(C)NC(=O)c2cccs2)nc2ccccc21. The molecular weight excluding hydrogens is 366 g/mol. The molecule has 0 fully saturated rings. The number of hydrogen-bond donors (Lipinski definition) is 1. The first-order chi connectivity index (χ1) is 13.7. The van der Waals surface area contributed by atoms with Crippen LogP contribution in [0, 0.1) is 0 Å². The smallest absolute Gasteiger partial charge is 0.261 e. The molecule has 1 amide bonds. The molecule has 1 atom stereocenters. The average Bonchev–Trinajstić information content (AvgIpc) is 3.36. The molecule has 1 aromatic carbocycles. The Labute approximate surface area is 172 Å². The number of fused-ring (bicyclic) bond motifs is 1. The second-order valence-electron chi connectivity index (χ2n) is 7.40. The van der Waals surface area contributed by atoms with Crippen molar-refractivity contribution in [1.82, 2.24) is 14.9 Å². The first kappa shape index (κ1) is 20.6. The van der Waals surface area contributed by atoms with Crippen LogP contribution >= 0.6 is 11.3 Å². The number of nitrogens with zero attached hydrogens (tertiary/aromatic N) is 2. The third kappa shape index (κ3) is 5.22. The standard InChI is InChI=1S/C23H31N3OS/c1-3-4-5-6-7-8-11-16-26-20-14-10-9-13-19(20)25-22(26)18(2)24-23(27)21-15-12-17-28-21/h9-10,12-15,17-18H,3-8,11,16H2,1-2H3,(H,24,27). The van der Waals surface area contributed by atoms with Crippen molar-refractivity contribution in [3.8, 4) is 0 Å². The minimum absolute atomic E-state index is 0.0305. The highest BCUT2D eigenvalue weighted by atomic mass is 32.1. The summed E-state index contributed by atoms with van der Waals surface area (Å²) in [5, 5.41) is 5.04. The number of rotatable bonds is 11. The molecule has 1 unspecified atom stereocenters. The van der Waals surface area contributed by atoms with Gasteiger partial charge >= 0.3 is 0 Å². The molecule has 0 radical (unpaired) electrons. The fourth-order valence-electron chi connectivity index (χ4n) is 3.63. The van der Waals surface area contributed by atoms with Gasteiger partial charge in [0.25, 0.3) is 5.91 Å². The van der Waals surface area contributed by atoms with E-state index in [-0.39, 0.29) is 11.9 Å². The lowest BCUT2D eigenvalue weighted by atomic mass is 10.1. The number of hydrogen-bond acceptors (Lipinski definition) is 3. The Morgan fingerprint density at radius 2 is 1.82 bits per heavy atom. The van der Waals surface area contributed by atoms with E-state index in [1.807, 2.05) is 36.6 Å². The minimum Gasteiger partial charge on any atom is -0.342 e. The van der Waals surface area contributed by atoms with Gasteiger partial charge in [-0.15, -0.1) is 11.3 Å². The Hall–Kier alpha value is -2.14. The maximum atomic E-state index is 12.5. The van der Waals surface area contributed by atoms with Gasteiger partial charge in [0.15, 0.2) is 0 Å². The van der Waals surface area contributed by atoms with E-state index in [9.17, 15) is 4.79 Å². The van der Waals surface area contributed by atoms with Crippen LogP contribution in [0.5, 0.6) is 0 Å². The van der Waals surface area contributed by atoms with E-state index in [1.165, 1.54) is 49.9 Å². The Bertz CT molecular complexity index is 869. The number of aromatic nitrogens is 2. The van der Waals surface area contributed by atoms with Crippen LogP contribution in [0.15, 0.2) is 41.8 Å². The van der Waals surface area contributed by atoms with Gasteiger partial charge in [-0.25, -0.2) is 4.98 Å². The fraction of sp³-hybridized carbons (Fsp3) is 0.478. The molecule has 2 aromatic heterocycles. The predicted octanol–water partition coefficient (Wildman–Crippen LogP) is 6.34. The van der Waals surface area contributed by atoms with Crippen LogP contribution in [0.4, 0.5) is 0 Å². The van der Waals surface area contributed by atoms with Gasteiger partial charge in [-0.05, 0) is 36.9 Å². The summed E-state index contributed by atoms with van der Waals surface area (Å²) in [6.07, 6.45) is 9.00. The van der Waals surface area contributed by atoms with Crippen LogP contribution in [-0.4, -0.2) is 15.5 Å². The van der Waals surface area contributed by atoms with Gasteiger partial charge in [-0.1, -0.05) is 63.6 Å². The molecule has 28 heavy (non-hydrogen) atoms. The molecule has 0 spiro atoms. The second-order valence-corrected chi connectivity index (χ2v) is 8.35. The van der Waals surface area contributed by atoms with E-state index in [0.717, 1.165) is 34.7 Å². The highest BCUT2D eigenvalue weighted by molar-refractivity contribution is 7.12. The van der Waals surface area contributed by atoms with Crippen molar-refractivity contribution < 1.29 is 4.79 Å². The highest BCUT2D eigenvalue weighted by Crippen LogP contribution is 2.22. The second kappa shape index (κ2) is 10.4. The number of benzene rings is 1. The largest absolute Gasteiger partial charge is 0.342 e. The monoisotopic (exact) mass is 397 g/mol. The maximum absolute atomic E-state index is 12.5. The van der Waals surface area contributed by atoms with Crippen molar-refractivity contribution >= 4 is 28.3 Å². The lowest BCUT2D eigenvalue weighted by Gasteiger charge is -2.16. The molecule has 1 N–H and O–H groups in total. The highest BCUT2D eigenvalue weighted by Gasteiger charge is 2.19. The minimum atomic E-state index is -0.133. The number of nitrogens with one attached hydrogen (secondary N) is 1. The summed E-state index contributed by atoms with van der Waals surface area (Å²) in [5.74, 6) is 0.911. The van der Waals surface area contributed by atoms with Crippen LogP contribution < -0.4 is 5.32 Å². The Morgan fingerprint density at radius 1 is 1.07 bits per heavy atom. The fourth-order valence-corrected chi connectivity index (χ4v) is 4.25. The first-order valence-corrected chi connectivity index (χ1v) is 11.4. The van der Waals surface area contributed by atoms with E-state index < -0.39 is 0 Å². The Kier molecular flexibility index (Phi) is 7.66. The number of unbranched alkanes of at least 4 members (excludes halogenated alkanes) is 6. The molecule has 0 aliphatic carbocycles. The molecule has 0 aliphatic rings. The van der Waals surface area contributed by atoms with E-state index in [1.54, 1.807) is 0 Å². The Morgan fingerprint density at radius 3 is 2.57 bits per heavy atom. The zero-order valence-electron chi connectivity index (χ0n) is 17.0. The lowest BCUT2D eigenvalue weighted by molar-refractivity contribution is 0.0942. The van der Waals surface area contributed by atoms with E-state index in [4.69, 9.17) is 4.98 Å². The zero-order valence-corrected chi connectivity index (χ0v) is 17.8. The van der Waals surface area contributed by atoms with Crippen molar-refractivity contribution in [3.63, 3.8) is 0 Å². The van der Waals surface area contributed by atoms with Crippen molar-refractivity contribution in [1.29, 1.82) is 0 Å².